The van der Waals surface area contributed by atoms with Gasteiger partial charge in [0.2, 0.25) is 0 Å². The molecule has 0 bridgehead atoms. The predicted octanol–water partition coefficient (Wildman–Crippen LogP) is 2.96. The van der Waals surface area contributed by atoms with Crippen LogP contribution >= 0.6 is 22.7 Å². The molecule has 1 saturated heterocycles. The van der Waals surface area contributed by atoms with Crippen molar-refractivity contribution >= 4 is 27.8 Å². The third kappa shape index (κ3) is 4.02. The molecule has 1 aliphatic heterocycles. The maximum atomic E-state index is 4.48. The summed E-state index contributed by atoms with van der Waals surface area (Å²) in [6.07, 6.45) is 8.47. The van der Waals surface area contributed by atoms with Gasteiger partial charge in [-0.2, -0.15) is 0 Å². The molecule has 2 aromatic heterocycles. The van der Waals surface area contributed by atoms with Gasteiger partial charge in [-0.1, -0.05) is 6.92 Å². The summed E-state index contributed by atoms with van der Waals surface area (Å²) in [5.74, 6) is 0. The van der Waals surface area contributed by atoms with Crippen LogP contribution in [0.15, 0.2) is 17.8 Å². The van der Waals surface area contributed by atoms with Gasteiger partial charge in [-0.3, -0.25) is 0 Å². The lowest BCUT2D eigenvalue weighted by molar-refractivity contribution is 0.417. The maximum absolute atomic E-state index is 4.48. The summed E-state index contributed by atoms with van der Waals surface area (Å²) in [7, 11) is 0. The quantitative estimate of drug-likeness (QED) is 0.888. The van der Waals surface area contributed by atoms with Crippen LogP contribution in [0.1, 0.15) is 29.7 Å². The van der Waals surface area contributed by atoms with E-state index in [2.05, 4.69) is 32.5 Å². The molecule has 1 fully saturated rings. The van der Waals surface area contributed by atoms with Crippen LogP contribution in [0.2, 0.25) is 0 Å². The summed E-state index contributed by atoms with van der Waals surface area (Å²) in [6.45, 7) is 5.45. The average Bonchev–Trinajstić information content (AvgIpc) is 3.19. The van der Waals surface area contributed by atoms with Crippen LogP contribution in [0.4, 0.5) is 5.13 Å². The van der Waals surface area contributed by atoms with Gasteiger partial charge in [-0.05, 0) is 19.3 Å². The van der Waals surface area contributed by atoms with Gasteiger partial charge in [0, 0.05) is 54.7 Å². The van der Waals surface area contributed by atoms with Crippen molar-refractivity contribution in [2.75, 3.05) is 24.5 Å². The molecule has 0 saturated carbocycles. The topological polar surface area (TPSA) is 41.1 Å². The van der Waals surface area contributed by atoms with Gasteiger partial charge in [0.25, 0.3) is 0 Å². The van der Waals surface area contributed by atoms with Crippen molar-refractivity contribution < 1.29 is 0 Å². The summed E-state index contributed by atoms with van der Waals surface area (Å²) in [6, 6.07) is 0.645. The molecule has 0 aromatic carbocycles. The lowest BCUT2D eigenvalue weighted by Crippen LogP contribution is -2.43. The van der Waals surface area contributed by atoms with Crippen LogP contribution < -0.4 is 10.2 Å². The summed E-state index contributed by atoms with van der Waals surface area (Å²) < 4.78 is 0. The Bertz CT molecular complexity index is 530. The van der Waals surface area contributed by atoms with Gasteiger partial charge in [0.1, 0.15) is 0 Å². The van der Waals surface area contributed by atoms with Gasteiger partial charge in [0.15, 0.2) is 5.13 Å². The third-order valence-electron chi connectivity index (χ3n) is 3.91. The normalized spacial score (nSPS) is 16.5. The highest BCUT2D eigenvalue weighted by Gasteiger charge is 2.20. The zero-order valence-corrected chi connectivity index (χ0v) is 14.1. The van der Waals surface area contributed by atoms with E-state index in [1.807, 2.05) is 23.7 Å². The number of aryl methyl sites for hydroxylation is 1. The molecule has 3 heterocycles. The fourth-order valence-corrected chi connectivity index (χ4v) is 4.22. The summed E-state index contributed by atoms with van der Waals surface area (Å²) in [4.78, 5) is 12.7. The van der Waals surface area contributed by atoms with E-state index in [1.54, 1.807) is 11.3 Å². The maximum Gasteiger partial charge on any atom is 0.185 e. The van der Waals surface area contributed by atoms with E-state index in [4.69, 9.17) is 0 Å². The molecule has 21 heavy (non-hydrogen) atoms. The minimum absolute atomic E-state index is 0.645. The molecule has 4 nitrogen and oxygen atoms in total. The van der Waals surface area contributed by atoms with E-state index < -0.39 is 0 Å². The molecule has 0 aliphatic carbocycles. The van der Waals surface area contributed by atoms with Crippen molar-refractivity contribution in [3.05, 3.63) is 27.7 Å². The first kappa shape index (κ1) is 14.9. The first-order valence-electron chi connectivity index (χ1n) is 7.66. The number of hydrogen-bond donors (Lipinski definition) is 1. The van der Waals surface area contributed by atoms with Crippen LogP contribution in [-0.4, -0.2) is 35.6 Å². The predicted molar refractivity (Wildman–Crippen MR) is 90.5 cm³/mol. The second kappa shape index (κ2) is 7.33. The van der Waals surface area contributed by atoms with Crippen molar-refractivity contribution in [1.29, 1.82) is 0 Å². The molecule has 0 unspecified atom stereocenters. The summed E-state index contributed by atoms with van der Waals surface area (Å²) in [5.41, 5.74) is 0. The monoisotopic (exact) mass is 322 g/mol. The molecule has 114 valence electrons. The molecular weight excluding hydrogens is 300 g/mol. The molecular formula is C15H22N4S2. The van der Waals surface area contributed by atoms with Crippen molar-refractivity contribution in [3.8, 4) is 0 Å². The van der Waals surface area contributed by atoms with E-state index in [9.17, 15) is 0 Å². The molecule has 0 amide bonds. The Morgan fingerprint density at radius 2 is 2.19 bits per heavy atom. The summed E-state index contributed by atoms with van der Waals surface area (Å²) in [5, 5.41) is 8.17. The Hall–Kier alpha value is -0.980. The smallest absolute Gasteiger partial charge is 0.185 e. The highest BCUT2D eigenvalue weighted by atomic mass is 32.1. The van der Waals surface area contributed by atoms with Gasteiger partial charge >= 0.3 is 0 Å². The number of rotatable bonds is 6. The molecule has 0 atom stereocenters. The van der Waals surface area contributed by atoms with Crippen LogP contribution in [-0.2, 0) is 12.8 Å². The highest BCUT2D eigenvalue weighted by molar-refractivity contribution is 7.13. The minimum Gasteiger partial charge on any atom is -0.348 e. The van der Waals surface area contributed by atoms with E-state index in [0.29, 0.717) is 6.04 Å². The SMILES string of the molecule is CCc1cnc(CCNC2CCN(c3nccs3)CC2)s1. The van der Waals surface area contributed by atoms with Crippen LogP contribution in [0.3, 0.4) is 0 Å². The van der Waals surface area contributed by atoms with Crippen LogP contribution in [0, 0.1) is 0 Å². The number of hydrogen-bond acceptors (Lipinski definition) is 6. The number of nitrogens with zero attached hydrogens (tertiary/aromatic N) is 3. The van der Waals surface area contributed by atoms with Crippen molar-refractivity contribution in [3.63, 3.8) is 0 Å². The van der Waals surface area contributed by atoms with Crippen molar-refractivity contribution in [2.24, 2.45) is 0 Å². The number of anilines is 1. The van der Waals surface area contributed by atoms with E-state index in [1.165, 1.54) is 27.9 Å². The average molecular weight is 323 g/mol. The Morgan fingerprint density at radius 1 is 1.33 bits per heavy atom. The number of aromatic nitrogens is 2. The number of piperidine rings is 1. The third-order valence-corrected chi connectivity index (χ3v) is 5.94. The van der Waals surface area contributed by atoms with Crippen LogP contribution in [0.5, 0.6) is 0 Å². The van der Waals surface area contributed by atoms with E-state index in [0.717, 1.165) is 32.5 Å². The van der Waals surface area contributed by atoms with Gasteiger partial charge in [0.05, 0.1) is 5.01 Å². The standard InChI is InChI=1S/C15H22N4S2/c1-2-13-11-18-14(21-13)3-6-16-12-4-8-19(9-5-12)15-17-7-10-20-15/h7,10-12,16H,2-6,8-9H2,1H3. The lowest BCUT2D eigenvalue weighted by Gasteiger charge is -2.32. The Morgan fingerprint density at radius 3 is 2.86 bits per heavy atom. The molecule has 1 aliphatic rings. The molecule has 0 spiro atoms. The molecule has 3 rings (SSSR count). The molecule has 2 aromatic rings. The fraction of sp³-hybridized carbons (Fsp3) is 0.600. The molecule has 6 heteroatoms. The first-order chi connectivity index (χ1) is 10.3. The first-order valence-corrected chi connectivity index (χ1v) is 9.36. The molecule has 1 N–H and O–H groups in total. The van der Waals surface area contributed by atoms with Gasteiger partial charge in [-0.15, -0.1) is 22.7 Å². The zero-order valence-electron chi connectivity index (χ0n) is 12.4. The molecule has 0 radical (unpaired) electrons. The number of nitrogens with one attached hydrogen (secondary N) is 1. The Balaban J connectivity index is 1.37. The second-order valence-electron chi connectivity index (χ2n) is 5.35. The summed E-state index contributed by atoms with van der Waals surface area (Å²) >= 11 is 3.59. The second-order valence-corrected chi connectivity index (χ2v) is 7.43. The van der Waals surface area contributed by atoms with Crippen molar-refractivity contribution in [1.82, 2.24) is 15.3 Å². The minimum atomic E-state index is 0.645. The Kier molecular flexibility index (Phi) is 5.22. The largest absolute Gasteiger partial charge is 0.348 e. The lowest BCUT2D eigenvalue weighted by atomic mass is 10.1. The fourth-order valence-electron chi connectivity index (χ4n) is 2.66. The van der Waals surface area contributed by atoms with Gasteiger partial charge < -0.3 is 10.2 Å². The number of thiazole rings is 2. The van der Waals surface area contributed by atoms with Gasteiger partial charge in [-0.25, -0.2) is 9.97 Å². The Labute approximate surface area is 134 Å². The van der Waals surface area contributed by atoms with Crippen molar-refractivity contribution in [2.45, 2.75) is 38.6 Å². The zero-order chi connectivity index (χ0) is 14.5. The van der Waals surface area contributed by atoms with E-state index >= 15 is 0 Å². The van der Waals surface area contributed by atoms with Crippen LogP contribution in [0.25, 0.3) is 0 Å². The highest BCUT2D eigenvalue weighted by Crippen LogP contribution is 2.22. The van der Waals surface area contributed by atoms with E-state index in [-0.39, 0.29) is 0 Å².